The number of rotatable bonds is 4. The Morgan fingerprint density at radius 3 is 2.88 bits per heavy atom. The predicted octanol–water partition coefficient (Wildman–Crippen LogP) is 4.01. The number of amides is 2. The quantitative estimate of drug-likeness (QED) is 0.878. The normalized spacial score (nSPS) is 16.2. The standard InChI is InChI=1S/C18H16ClFN2O2/c19-13-5-3-7-15(17(13)20)21-16(23)9-8-12-10-11-4-1-2-6-14(11)22-18(12)24/h1-7,12H,8-10H2,(H,21,23)(H,22,24). The highest BCUT2D eigenvalue weighted by Gasteiger charge is 2.26. The summed E-state index contributed by atoms with van der Waals surface area (Å²) in [5.41, 5.74) is 1.93. The molecule has 124 valence electrons. The fraction of sp³-hybridized carbons (Fsp3) is 0.222. The third-order valence-corrected chi connectivity index (χ3v) is 4.35. The number of benzene rings is 2. The van der Waals surface area contributed by atoms with Crippen LogP contribution in [0.15, 0.2) is 42.5 Å². The van der Waals surface area contributed by atoms with E-state index in [0.29, 0.717) is 12.8 Å². The molecule has 0 aliphatic carbocycles. The monoisotopic (exact) mass is 346 g/mol. The summed E-state index contributed by atoms with van der Waals surface area (Å²) in [6.45, 7) is 0. The van der Waals surface area contributed by atoms with Gasteiger partial charge >= 0.3 is 0 Å². The number of anilines is 2. The van der Waals surface area contributed by atoms with Crippen LogP contribution in [0.1, 0.15) is 18.4 Å². The zero-order valence-corrected chi connectivity index (χ0v) is 13.6. The number of carbonyl (C=O) groups is 2. The zero-order valence-electron chi connectivity index (χ0n) is 12.8. The van der Waals surface area contributed by atoms with Crippen LogP contribution in [0, 0.1) is 11.7 Å². The van der Waals surface area contributed by atoms with Crippen molar-refractivity contribution in [2.75, 3.05) is 10.6 Å². The lowest BCUT2D eigenvalue weighted by molar-refractivity contribution is -0.121. The van der Waals surface area contributed by atoms with E-state index >= 15 is 0 Å². The lowest BCUT2D eigenvalue weighted by atomic mass is 9.89. The number of nitrogens with one attached hydrogen (secondary N) is 2. The van der Waals surface area contributed by atoms with Gasteiger partial charge in [0, 0.05) is 18.0 Å². The van der Waals surface area contributed by atoms with Gasteiger partial charge in [-0.15, -0.1) is 0 Å². The first kappa shape index (κ1) is 16.5. The van der Waals surface area contributed by atoms with Crippen LogP contribution in [-0.4, -0.2) is 11.8 Å². The van der Waals surface area contributed by atoms with E-state index in [1.165, 1.54) is 12.1 Å². The van der Waals surface area contributed by atoms with Crippen molar-refractivity contribution in [3.05, 3.63) is 58.9 Å². The SMILES string of the molecule is O=C(CCC1Cc2ccccc2NC1=O)Nc1cccc(Cl)c1F. The van der Waals surface area contributed by atoms with E-state index in [0.717, 1.165) is 11.3 Å². The maximum Gasteiger partial charge on any atom is 0.227 e. The minimum absolute atomic E-state index is 0.0453. The molecule has 0 spiro atoms. The molecular formula is C18H16ClFN2O2. The van der Waals surface area contributed by atoms with E-state index in [2.05, 4.69) is 10.6 Å². The minimum Gasteiger partial charge on any atom is -0.326 e. The van der Waals surface area contributed by atoms with Gasteiger partial charge in [-0.2, -0.15) is 0 Å². The fourth-order valence-electron chi connectivity index (χ4n) is 2.76. The number of carbonyl (C=O) groups excluding carboxylic acids is 2. The van der Waals surface area contributed by atoms with Crippen molar-refractivity contribution < 1.29 is 14.0 Å². The van der Waals surface area contributed by atoms with Gasteiger partial charge < -0.3 is 10.6 Å². The van der Waals surface area contributed by atoms with E-state index in [1.54, 1.807) is 6.07 Å². The van der Waals surface area contributed by atoms with Gasteiger partial charge in [0.1, 0.15) is 0 Å². The van der Waals surface area contributed by atoms with Gasteiger partial charge in [0.25, 0.3) is 0 Å². The molecule has 4 nitrogen and oxygen atoms in total. The van der Waals surface area contributed by atoms with E-state index in [1.807, 2.05) is 24.3 Å². The van der Waals surface area contributed by atoms with Crippen LogP contribution in [0.5, 0.6) is 0 Å². The van der Waals surface area contributed by atoms with Crippen molar-refractivity contribution in [3.8, 4) is 0 Å². The Labute approximate surface area is 144 Å². The molecule has 1 heterocycles. The fourth-order valence-corrected chi connectivity index (χ4v) is 2.94. The molecule has 1 unspecified atom stereocenters. The smallest absolute Gasteiger partial charge is 0.227 e. The van der Waals surface area contributed by atoms with Gasteiger partial charge in [-0.25, -0.2) is 4.39 Å². The molecule has 0 fully saturated rings. The molecule has 0 saturated carbocycles. The van der Waals surface area contributed by atoms with Crippen molar-refractivity contribution in [2.24, 2.45) is 5.92 Å². The highest BCUT2D eigenvalue weighted by Crippen LogP contribution is 2.28. The molecule has 0 radical (unpaired) electrons. The highest BCUT2D eigenvalue weighted by molar-refractivity contribution is 6.31. The Bertz CT molecular complexity index is 794. The molecule has 2 aromatic rings. The predicted molar refractivity (Wildman–Crippen MR) is 91.5 cm³/mol. The maximum atomic E-state index is 13.8. The molecule has 24 heavy (non-hydrogen) atoms. The third kappa shape index (κ3) is 3.57. The van der Waals surface area contributed by atoms with Crippen LogP contribution in [-0.2, 0) is 16.0 Å². The second-order valence-electron chi connectivity index (χ2n) is 5.74. The number of hydrogen-bond donors (Lipinski definition) is 2. The summed E-state index contributed by atoms with van der Waals surface area (Å²) in [6.07, 6.45) is 1.13. The second kappa shape index (κ2) is 7.01. The van der Waals surface area contributed by atoms with Gasteiger partial charge in [-0.1, -0.05) is 35.9 Å². The molecule has 1 atom stereocenters. The summed E-state index contributed by atoms with van der Waals surface area (Å²) in [5, 5.41) is 5.30. The molecule has 0 saturated heterocycles. The third-order valence-electron chi connectivity index (χ3n) is 4.06. The number of halogens is 2. The molecule has 6 heteroatoms. The molecule has 2 amide bonds. The van der Waals surface area contributed by atoms with Crippen molar-refractivity contribution in [3.63, 3.8) is 0 Å². The average molecular weight is 347 g/mol. The lowest BCUT2D eigenvalue weighted by Gasteiger charge is -2.24. The summed E-state index contributed by atoms with van der Waals surface area (Å²) >= 11 is 5.68. The van der Waals surface area contributed by atoms with Crippen LogP contribution in [0.3, 0.4) is 0 Å². The Morgan fingerprint density at radius 2 is 2.04 bits per heavy atom. The van der Waals surface area contributed by atoms with E-state index in [9.17, 15) is 14.0 Å². The Morgan fingerprint density at radius 1 is 1.25 bits per heavy atom. The topological polar surface area (TPSA) is 58.2 Å². The number of fused-ring (bicyclic) bond motifs is 1. The van der Waals surface area contributed by atoms with Crippen LogP contribution in [0.2, 0.25) is 5.02 Å². The molecule has 1 aliphatic heterocycles. The first-order chi connectivity index (χ1) is 11.5. The van der Waals surface area contributed by atoms with Crippen molar-refractivity contribution in [1.82, 2.24) is 0 Å². The minimum atomic E-state index is -0.656. The zero-order chi connectivity index (χ0) is 17.1. The van der Waals surface area contributed by atoms with E-state index in [4.69, 9.17) is 11.6 Å². The Balaban J connectivity index is 1.59. The Kier molecular flexibility index (Phi) is 4.81. The molecule has 2 aromatic carbocycles. The summed E-state index contributed by atoms with van der Waals surface area (Å²) in [5.74, 6) is -1.36. The van der Waals surface area contributed by atoms with Gasteiger partial charge in [0.2, 0.25) is 11.8 Å². The first-order valence-corrected chi connectivity index (χ1v) is 8.05. The average Bonchev–Trinajstić information content (AvgIpc) is 2.57. The molecule has 0 bridgehead atoms. The molecular weight excluding hydrogens is 331 g/mol. The highest BCUT2D eigenvalue weighted by atomic mass is 35.5. The van der Waals surface area contributed by atoms with Crippen LogP contribution >= 0.6 is 11.6 Å². The summed E-state index contributed by atoms with van der Waals surface area (Å²) in [6, 6.07) is 12.0. The summed E-state index contributed by atoms with van der Waals surface area (Å²) < 4.78 is 13.8. The van der Waals surface area contributed by atoms with Crippen LogP contribution in [0.4, 0.5) is 15.8 Å². The van der Waals surface area contributed by atoms with Crippen LogP contribution in [0.25, 0.3) is 0 Å². The van der Waals surface area contributed by atoms with Gasteiger partial charge in [-0.3, -0.25) is 9.59 Å². The Hall–Kier alpha value is -2.40. The largest absolute Gasteiger partial charge is 0.326 e. The van der Waals surface area contributed by atoms with Crippen molar-refractivity contribution in [1.29, 1.82) is 0 Å². The molecule has 0 aromatic heterocycles. The lowest BCUT2D eigenvalue weighted by Crippen LogP contribution is -2.30. The van der Waals surface area contributed by atoms with Crippen LogP contribution < -0.4 is 10.6 Å². The van der Waals surface area contributed by atoms with Gasteiger partial charge in [0.05, 0.1) is 10.7 Å². The summed E-state index contributed by atoms with van der Waals surface area (Å²) in [7, 11) is 0. The van der Waals surface area contributed by atoms with Crippen molar-refractivity contribution in [2.45, 2.75) is 19.3 Å². The van der Waals surface area contributed by atoms with Gasteiger partial charge in [-0.05, 0) is 36.6 Å². The molecule has 3 rings (SSSR count). The molecule has 2 N–H and O–H groups in total. The molecule has 1 aliphatic rings. The van der Waals surface area contributed by atoms with Crippen molar-refractivity contribution >= 4 is 34.8 Å². The maximum absolute atomic E-state index is 13.8. The van der Waals surface area contributed by atoms with Gasteiger partial charge in [0.15, 0.2) is 5.82 Å². The van der Waals surface area contributed by atoms with E-state index < -0.39 is 5.82 Å². The first-order valence-electron chi connectivity index (χ1n) is 7.67. The number of para-hydroxylation sites is 1. The number of hydrogen-bond acceptors (Lipinski definition) is 2. The summed E-state index contributed by atoms with van der Waals surface area (Å²) in [4.78, 5) is 24.1. The second-order valence-corrected chi connectivity index (χ2v) is 6.14. The van der Waals surface area contributed by atoms with E-state index in [-0.39, 0.29) is 34.9 Å².